The van der Waals surface area contributed by atoms with Crippen molar-refractivity contribution in [2.75, 3.05) is 4.90 Å². The molecule has 0 saturated heterocycles. The van der Waals surface area contributed by atoms with E-state index in [2.05, 4.69) is 201 Å². The van der Waals surface area contributed by atoms with E-state index in [-0.39, 0.29) is 5.41 Å². The fraction of sp³-hybridized carbons (Fsp3) is 0.0545. The fourth-order valence-corrected chi connectivity index (χ4v) is 9.64. The van der Waals surface area contributed by atoms with Crippen LogP contribution in [0.1, 0.15) is 25.0 Å². The summed E-state index contributed by atoms with van der Waals surface area (Å²) in [6, 6.07) is 67.6. The minimum absolute atomic E-state index is 0.152. The van der Waals surface area contributed by atoms with Crippen LogP contribution in [0.4, 0.5) is 17.1 Å². The summed E-state index contributed by atoms with van der Waals surface area (Å²) in [5.41, 5.74) is 16.2. The van der Waals surface area contributed by atoms with E-state index >= 15 is 0 Å². The summed E-state index contributed by atoms with van der Waals surface area (Å²) >= 11 is 0. The summed E-state index contributed by atoms with van der Waals surface area (Å²) in [6.07, 6.45) is 0. The van der Waals surface area contributed by atoms with Gasteiger partial charge in [0.05, 0.1) is 11.1 Å². The zero-order valence-electron chi connectivity index (χ0n) is 32.2. The summed E-state index contributed by atoms with van der Waals surface area (Å²) in [6.45, 7) is 4.69. The van der Waals surface area contributed by atoms with Crippen molar-refractivity contribution in [3.05, 3.63) is 199 Å². The summed E-state index contributed by atoms with van der Waals surface area (Å²) in [5.74, 6) is 0. The first-order chi connectivity index (χ1) is 28.5. The van der Waals surface area contributed by atoms with Gasteiger partial charge in [-0.2, -0.15) is 0 Å². The van der Waals surface area contributed by atoms with E-state index in [9.17, 15) is 0 Å². The molecular formula is C55H37NO2. The predicted molar refractivity (Wildman–Crippen MR) is 242 cm³/mol. The molecule has 1 aliphatic carbocycles. The van der Waals surface area contributed by atoms with Crippen LogP contribution >= 0.6 is 0 Å². The molecule has 0 atom stereocenters. The minimum Gasteiger partial charge on any atom is -0.456 e. The van der Waals surface area contributed by atoms with Crippen LogP contribution in [0.15, 0.2) is 197 Å². The summed E-state index contributed by atoms with van der Waals surface area (Å²) in [7, 11) is 0. The molecule has 11 aromatic rings. The first-order valence-electron chi connectivity index (χ1n) is 20.0. The molecule has 274 valence electrons. The maximum absolute atomic E-state index is 7.10. The van der Waals surface area contributed by atoms with Crippen LogP contribution in [-0.2, 0) is 5.41 Å². The molecule has 3 nitrogen and oxygen atoms in total. The number of benzene rings is 9. The lowest BCUT2D eigenvalue weighted by atomic mass is 9.82. The van der Waals surface area contributed by atoms with Crippen molar-refractivity contribution < 1.29 is 8.83 Å². The van der Waals surface area contributed by atoms with Crippen LogP contribution in [0, 0.1) is 0 Å². The largest absolute Gasteiger partial charge is 0.456 e. The number of para-hydroxylation sites is 1. The molecule has 0 radical (unpaired) electrons. The molecule has 58 heavy (non-hydrogen) atoms. The lowest BCUT2D eigenvalue weighted by Gasteiger charge is -2.28. The van der Waals surface area contributed by atoms with Gasteiger partial charge in [-0.25, -0.2) is 0 Å². The van der Waals surface area contributed by atoms with E-state index in [1.807, 2.05) is 6.07 Å². The van der Waals surface area contributed by atoms with Crippen LogP contribution in [-0.4, -0.2) is 0 Å². The monoisotopic (exact) mass is 743 g/mol. The quantitative estimate of drug-likeness (QED) is 0.176. The van der Waals surface area contributed by atoms with Gasteiger partial charge in [0.15, 0.2) is 0 Å². The van der Waals surface area contributed by atoms with Crippen LogP contribution < -0.4 is 4.90 Å². The molecule has 3 heteroatoms. The molecule has 0 unspecified atom stereocenters. The van der Waals surface area contributed by atoms with Crippen molar-refractivity contribution in [1.82, 2.24) is 0 Å². The smallest absolute Gasteiger partial charge is 0.144 e. The molecule has 0 amide bonds. The first kappa shape index (κ1) is 32.8. The maximum atomic E-state index is 7.10. The molecule has 0 aliphatic heterocycles. The van der Waals surface area contributed by atoms with Crippen LogP contribution in [0.5, 0.6) is 0 Å². The van der Waals surface area contributed by atoms with Gasteiger partial charge in [-0.1, -0.05) is 147 Å². The van der Waals surface area contributed by atoms with Gasteiger partial charge >= 0.3 is 0 Å². The Labute approximate surface area is 336 Å². The lowest BCUT2D eigenvalue weighted by molar-refractivity contribution is 0.660. The van der Waals surface area contributed by atoms with E-state index in [0.717, 1.165) is 72.1 Å². The third kappa shape index (κ3) is 4.80. The standard InChI is InChI=1S/C55H37NO2/c1-55(2)45-19-10-8-17-41(45)42-30-29-40(32-46(42)55)56(39-27-25-36(26-28-39)34-13-4-3-5-14-34)47-20-12-22-49-52(47)44-33-50-53(43-18-9-11-21-48(43)57-50)51(54(44)58-49)38-24-23-35-15-6-7-16-37(35)31-38/h3-33H,1-2H3. The number of furan rings is 2. The molecule has 1 aliphatic rings. The molecule has 9 aromatic carbocycles. The molecule has 2 aromatic heterocycles. The second-order valence-electron chi connectivity index (χ2n) is 16.1. The van der Waals surface area contributed by atoms with Crippen molar-refractivity contribution in [2.24, 2.45) is 0 Å². The van der Waals surface area contributed by atoms with Crippen molar-refractivity contribution in [1.29, 1.82) is 0 Å². The van der Waals surface area contributed by atoms with Gasteiger partial charge in [0.1, 0.15) is 22.3 Å². The molecular weight excluding hydrogens is 707 g/mol. The van der Waals surface area contributed by atoms with Gasteiger partial charge in [0, 0.05) is 38.5 Å². The second kappa shape index (κ2) is 12.3. The van der Waals surface area contributed by atoms with Gasteiger partial charge in [-0.3, -0.25) is 0 Å². The molecule has 12 rings (SSSR count). The van der Waals surface area contributed by atoms with Crippen LogP contribution in [0.25, 0.3) is 88.0 Å². The minimum atomic E-state index is -0.152. The zero-order valence-corrected chi connectivity index (χ0v) is 32.2. The Balaban J connectivity index is 1.14. The highest BCUT2D eigenvalue weighted by Crippen LogP contribution is 2.53. The average Bonchev–Trinajstić information content (AvgIpc) is 3.91. The molecule has 0 bridgehead atoms. The van der Waals surface area contributed by atoms with Gasteiger partial charge in [-0.05, 0) is 104 Å². The lowest BCUT2D eigenvalue weighted by Crippen LogP contribution is -2.16. The van der Waals surface area contributed by atoms with Crippen LogP contribution in [0.2, 0.25) is 0 Å². The summed E-state index contributed by atoms with van der Waals surface area (Å²) < 4.78 is 13.8. The molecule has 2 heterocycles. The molecule has 0 N–H and O–H groups in total. The van der Waals surface area contributed by atoms with Crippen molar-refractivity contribution in [3.63, 3.8) is 0 Å². The molecule has 0 saturated carbocycles. The highest BCUT2D eigenvalue weighted by atomic mass is 16.3. The van der Waals surface area contributed by atoms with Gasteiger partial charge in [0.2, 0.25) is 0 Å². The van der Waals surface area contributed by atoms with Gasteiger partial charge in [0.25, 0.3) is 0 Å². The third-order valence-electron chi connectivity index (χ3n) is 12.4. The number of hydrogen-bond donors (Lipinski definition) is 0. The first-order valence-corrected chi connectivity index (χ1v) is 20.0. The second-order valence-corrected chi connectivity index (χ2v) is 16.1. The van der Waals surface area contributed by atoms with Gasteiger partial charge in [-0.15, -0.1) is 0 Å². The van der Waals surface area contributed by atoms with E-state index in [4.69, 9.17) is 8.83 Å². The highest BCUT2D eigenvalue weighted by Gasteiger charge is 2.36. The number of rotatable bonds is 5. The van der Waals surface area contributed by atoms with Crippen LogP contribution in [0.3, 0.4) is 0 Å². The third-order valence-corrected chi connectivity index (χ3v) is 12.4. The van der Waals surface area contributed by atoms with E-state index < -0.39 is 0 Å². The fourth-order valence-electron chi connectivity index (χ4n) is 9.64. The SMILES string of the molecule is CC1(C)c2ccccc2-c2ccc(N(c3ccc(-c4ccccc4)cc3)c3cccc4oc5c(-c6ccc7ccccc7c6)c6c(cc5c34)oc3ccccc36)cc21. The number of nitrogens with zero attached hydrogens (tertiary/aromatic N) is 1. The summed E-state index contributed by atoms with van der Waals surface area (Å²) in [5, 5.41) is 6.57. The van der Waals surface area contributed by atoms with Gasteiger partial charge < -0.3 is 13.7 Å². The summed E-state index contributed by atoms with van der Waals surface area (Å²) in [4.78, 5) is 2.41. The Morgan fingerprint density at radius 1 is 0.414 bits per heavy atom. The Morgan fingerprint density at radius 3 is 1.98 bits per heavy atom. The molecule has 0 spiro atoms. The Bertz CT molecular complexity index is 3420. The van der Waals surface area contributed by atoms with Crippen molar-refractivity contribution in [3.8, 4) is 33.4 Å². The maximum Gasteiger partial charge on any atom is 0.144 e. The van der Waals surface area contributed by atoms with Crippen molar-refractivity contribution >= 4 is 71.7 Å². The number of fused-ring (bicyclic) bond motifs is 10. The highest BCUT2D eigenvalue weighted by molar-refractivity contribution is 6.25. The van der Waals surface area contributed by atoms with E-state index in [1.165, 1.54) is 44.2 Å². The molecule has 0 fully saturated rings. The normalized spacial score (nSPS) is 13.1. The topological polar surface area (TPSA) is 29.5 Å². The zero-order chi connectivity index (χ0) is 38.5. The Hall–Kier alpha value is -7.36. The Morgan fingerprint density at radius 2 is 1.10 bits per heavy atom. The van der Waals surface area contributed by atoms with E-state index in [0.29, 0.717) is 0 Å². The average molecular weight is 744 g/mol. The Kier molecular flexibility index (Phi) is 6.98. The predicted octanol–water partition coefficient (Wildman–Crippen LogP) is 15.7. The van der Waals surface area contributed by atoms with Crippen molar-refractivity contribution in [2.45, 2.75) is 19.3 Å². The number of hydrogen-bond acceptors (Lipinski definition) is 3. The van der Waals surface area contributed by atoms with E-state index in [1.54, 1.807) is 0 Å². The number of anilines is 3.